The van der Waals surface area contributed by atoms with Crippen molar-refractivity contribution >= 4 is 11.9 Å². The molecule has 0 N–H and O–H groups in total. The van der Waals surface area contributed by atoms with Crippen molar-refractivity contribution in [3.05, 3.63) is 12.7 Å². The first-order valence-corrected chi connectivity index (χ1v) is 3.36. The van der Waals surface area contributed by atoms with Crippen LogP contribution >= 0.6 is 0 Å². The minimum absolute atomic E-state index is 0.654. The number of hydrogen-bond acceptors (Lipinski definition) is 6. The van der Waals surface area contributed by atoms with Crippen LogP contribution in [0.1, 0.15) is 13.8 Å². The minimum Gasteiger partial charge on any atom is -0.295 e. The molecular formula is C7H10O6. The average molecular weight is 190 g/mol. The fraction of sp³-hybridized carbons (Fsp3) is 0.429. The summed E-state index contributed by atoms with van der Waals surface area (Å²) in [6.45, 7) is 5.57. The molecule has 0 aromatic carbocycles. The molecule has 0 amide bonds. The lowest BCUT2D eigenvalue weighted by atomic mass is 10.6. The van der Waals surface area contributed by atoms with E-state index in [1.807, 2.05) is 0 Å². The molecule has 0 aromatic rings. The van der Waals surface area contributed by atoms with E-state index in [0.29, 0.717) is 0 Å². The predicted molar refractivity (Wildman–Crippen MR) is 39.7 cm³/mol. The van der Waals surface area contributed by atoms with Crippen molar-refractivity contribution in [2.24, 2.45) is 0 Å². The lowest BCUT2D eigenvalue weighted by molar-refractivity contribution is -0.414. The SMILES string of the molecule is C=CC(OOC(C)=O)OOC(C)=O. The number of rotatable bonds is 5. The molecule has 0 spiro atoms. The van der Waals surface area contributed by atoms with Crippen molar-refractivity contribution in [3.63, 3.8) is 0 Å². The van der Waals surface area contributed by atoms with E-state index < -0.39 is 18.2 Å². The van der Waals surface area contributed by atoms with Crippen LogP contribution in [0, 0.1) is 0 Å². The van der Waals surface area contributed by atoms with Gasteiger partial charge in [-0.15, -0.1) is 9.78 Å². The quantitative estimate of drug-likeness (QED) is 0.272. The summed E-state index contributed by atoms with van der Waals surface area (Å²) in [5.74, 6) is -1.31. The molecule has 0 saturated carbocycles. The summed E-state index contributed by atoms with van der Waals surface area (Å²) in [7, 11) is 0. The normalized spacial score (nSPS) is 9.46. The Hall–Kier alpha value is -1.40. The van der Waals surface area contributed by atoms with Gasteiger partial charge in [0.2, 0.25) is 0 Å². The number of carbonyl (C=O) groups is 2. The first-order chi connectivity index (χ1) is 6.06. The maximum atomic E-state index is 10.3. The molecular weight excluding hydrogens is 180 g/mol. The second-order valence-electron chi connectivity index (χ2n) is 1.95. The molecule has 0 bridgehead atoms. The summed E-state index contributed by atoms with van der Waals surface area (Å²) in [5.41, 5.74) is 0. The minimum atomic E-state index is -1.13. The van der Waals surface area contributed by atoms with Crippen molar-refractivity contribution in [1.82, 2.24) is 0 Å². The van der Waals surface area contributed by atoms with Gasteiger partial charge in [-0.3, -0.25) is 9.78 Å². The zero-order chi connectivity index (χ0) is 10.3. The highest BCUT2D eigenvalue weighted by Crippen LogP contribution is 1.98. The summed E-state index contributed by atoms with van der Waals surface area (Å²) in [5, 5.41) is 0. The summed E-state index contributed by atoms with van der Waals surface area (Å²) >= 11 is 0. The lowest BCUT2D eigenvalue weighted by Crippen LogP contribution is -2.18. The van der Waals surface area contributed by atoms with Crippen LogP contribution in [0.25, 0.3) is 0 Å². The molecule has 0 fully saturated rings. The highest BCUT2D eigenvalue weighted by atomic mass is 17.3. The van der Waals surface area contributed by atoms with Gasteiger partial charge in [0.05, 0.1) is 0 Å². The van der Waals surface area contributed by atoms with Gasteiger partial charge in [-0.1, -0.05) is 6.58 Å². The van der Waals surface area contributed by atoms with Gasteiger partial charge in [-0.05, 0) is 6.08 Å². The summed E-state index contributed by atoms with van der Waals surface area (Å²) in [4.78, 5) is 37.4. The first kappa shape index (κ1) is 11.6. The van der Waals surface area contributed by atoms with Gasteiger partial charge in [0.1, 0.15) is 0 Å². The standard InChI is InChI=1S/C7H10O6/c1-4-7(12-10-5(2)8)13-11-6(3)9/h4,7H,1H2,2-3H3. The molecule has 6 heteroatoms. The molecule has 0 rings (SSSR count). The van der Waals surface area contributed by atoms with E-state index in [2.05, 4.69) is 26.1 Å². The van der Waals surface area contributed by atoms with Gasteiger partial charge in [0.15, 0.2) is 0 Å². The van der Waals surface area contributed by atoms with Gasteiger partial charge in [0, 0.05) is 13.8 Å². The second-order valence-corrected chi connectivity index (χ2v) is 1.95. The zero-order valence-electron chi connectivity index (χ0n) is 7.31. The molecule has 6 nitrogen and oxygen atoms in total. The molecule has 74 valence electrons. The van der Waals surface area contributed by atoms with Crippen molar-refractivity contribution in [2.75, 3.05) is 0 Å². The fourth-order valence-corrected chi connectivity index (χ4v) is 0.325. The van der Waals surface area contributed by atoms with Crippen molar-refractivity contribution in [3.8, 4) is 0 Å². The van der Waals surface area contributed by atoms with Gasteiger partial charge >= 0.3 is 11.9 Å². The monoisotopic (exact) mass is 190 g/mol. The molecule has 0 aliphatic carbocycles. The van der Waals surface area contributed by atoms with E-state index in [0.717, 1.165) is 19.9 Å². The molecule has 0 aliphatic rings. The second kappa shape index (κ2) is 6.15. The van der Waals surface area contributed by atoms with Gasteiger partial charge in [-0.2, -0.15) is 0 Å². The number of carbonyl (C=O) groups excluding carboxylic acids is 2. The molecule has 0 saturated heterocycles. The predicted octanol–water partition coefficient (Wildman–Crippen LogP) is 0.488. The first-order valence-electron chi connectivity index (χ1n) is 3.36. The summed E-state index contributed by atoms with van der Waals surface area (Å²) < 4.78 is 0. The smallest absolute Gasteiger partial charge is 0.295 e. The third kappa shape index (κ3) is 6.98. The molecule has 13 heavy (non-hydrogen) atoms. The van der Waals surface area contributed by atoms with Crippen LogP contribution in [0.4, 0.5) is 0 Å². The van der Waals surface area contributed by atoms with Crippen LogP contribution in [0.5, 0.6) is 0 Å². The average Bonchev–Trinajstić information content (AvgIpc) is 2.04. The Morgan fingerprint density at radius 1 is 1.15 bits per heavy atom. The van der Waals surface area contributed by atoms with Crippen LogP contribution in [0.2, 0.25) is 0 Å². The molecule has 0 aliphatic heterocycles. The maximum Gasteiger partial charge on any atom is 0.339 e. The molecule has 0 aromatic heterocycles. The zero-order valence-corrected chi connectivity index (χ0v) is 7.31. The topological polar surface area (TPSA) is 71.1 Å². The van der Waals surface area contributed by atoms with Gasteiger partial charge in [-0.25, -0.2) is 9.59 Å². The van der Waals surface area contributed by atoms with Crippen LogP contribution < -0.4 is 0 Å². The van der Waals surface area contributed by atoms with E-state index in [4.69, 9.17) is 0 Å². The van der Waals surface area contributed by atoms with E-state index in [1.165, 1.54) is 0 Å². The Labute approximate surface area is 74.9 Å². The van der Waals surface area contributed by atoms with E-state index in [-0.39, 0.29) is 0 Å². The highest BCUT2D eigenvalue weighted by Gasteiger charge is 2.10. The van der Waals surface area contributed by atoms with Crippen molar-refractivity contribution < 1.29 is 29.1 Å². The van der Waals surface area contributed by atoms with Crippen LogP contribution in [-0.4, -0.2) is 18.2 Å². The lowest BCUT2D eigenvalue weighted by Gasteiger charge is -2.09. The van der Waals surface area contributed by atoms with Crippen molar-refractivity contribution in [1.29, 1.82) is 0 Å². The summed E-state index contributed by atoms with van der Waals surface area (Å²) in [6, 6.07) is 0. The maximum absolute atomic E-state index is 10.3. The third-order valence-electron chi connectivity index (χ3n) is 0.713. The van der Waals surface area contributed by atoms with E-state index in [9.17, 15) is 9.59 Å². The molecule has 0 radical (unpaired) electrons. The van der Waals surface area contributed by atoms with Crippen LogP contribution in [-0.2, 0) is 29.1 Å². The Bertz CT molecular complexity index is 181. The molecule has 0 atom stereocenters. The Balaban J connectivity index is 3.69. The highest BCUT2D eigenvalue weighted by molar-refractivity contribution is 5.65. The van der Waals surface area contributed by atoms with Crippen molar-refractivity contribution in [2.45, 2.75) is 20.1 Å². The van der Waals surface area contributed by atoms with Gasteiger partial charge < -0.3 is 0 Å². The summed E-state index contributed by atoms with van der Waals surface area (Å²) in [6.07, 6.45) is 0.0131. The van der Waals surface area contributed by atoms with E-state index in [1.54, 1.807) is 0 Å². The van der Waals surface area contributed by atoms with E-state index >= 15 is 0 Å². The van der Waals surface area contributed by atoms with Crippen LogP contribution in [0.15, 0.2) is 12.7 Å². The van der Waals surface area contributed by atoms with Gasteiger partial charge in [0.25, 0.3) is 6.29 Å². The van der Waals surface area contributed by atoms with Crippen LogP contribution in [0.3, 0.4) is 0 Å². The Morgan fingerprint density at radius 3 is 1.77 bits per heavy atom. The largest absolute Gasteiger partial charge is 0.339 e. The molecule has 0 unspecified atom stereocenters. The Kier molecular flexibility index (Phi) is 5.49. The fourth-order valence-electron chi connectivity index (χ4n) is 0.325. The molecule has 0 heterocycles. The number of hydrogen-bond donors (Lipinski definition) is 0. The Morgan fingerprint density at radius 2 is 1.54 bits per heavy atom. The third-order valence-corrected chi connectivity index (χ3v) is 0.713.